The van der Waals surface area contributed by atoms with Gasteiger partial charge in [0.1, 0.15) is 13.1 Å². The molecule has 2 aromatic rings. The summed E-state index contributed by atoms with van der Waals surface area (Å²) in [6, 6.07) is 10.5. The first-order valence-electron chi connectivity index (χ1n) is 8.26. The van der Waals surface area contributed by atoms with Crippen molar-refractivity contribution in [2.75, 3.05) is 13.1 Å². The van der Waals surface area contributed by atoms with Crippen LogP contribution in [0.15, 0.2) is 52.2 Å². The van der Waals surface area contributed by atoms with Gasteiger partial charge in [-0.1, -0.05) is 37.3 Å². The molecule has 26 heavy (non-hydrogen) atoms. The molecule has 1 aromatic heterocycles. The van der Waals surface area contributed by atoms with E-state index in [0.717, 1.165) is 15.0 Å². The molecule has 1 amide bonds. The highest BCUT2D eigenvalue weighted by molar-refractivity contribution is 5.81. The number of carboxylic acids is 1. The van der Waals surface area contributed by atoms with Crippen molar-refractivity contribution < 1.29 is 14.7 Å². The van der Waals surface area contributed by atoms with Crippen molar-refractivity contribution in [3.05, 3.63) is 69.0 Å². The van der Waals surface area contributed by atoms with Crippen LogP contribution in [0.5, 0.6) is 0 Å². The summed E-state index contributed by atoms with van der Waals surface area (Å²) in [5, 5.41) is 8.91. The van der Waals surface area contributed by atoms with Gasteiger partial charge in [0.25, 0.3) is 5.56 Å². The van der Waals surface area contributed by atoms with Gasteiger partial charge in [0.15, 0.2) is 0 Å². The van der Waals surface area contributed by atoms with Gasteiger partial charge in [-0.25, -0.2) is 4.79 Å². The number of aliphatic carboxylic acids is 1. The number of rotatable bonds is 8. The fraction of sp³-hybridized carbons (Fsp3) is 0.333. The van der Waals surface area contributed by atoms with Crippen LogP contribution in [-0.2, 0) is 22.7 Å². The maximum Gasteiger partial charge on any atom is 0.331 e. The van der Waals surface area contributed by atoms with Crippen LogP contribution in [0.25, 0.3) is 0 Å². The molecule has 0 bridgehead atoms. The summed E-state index contributed by atoms with van der Waals surface area (Å²) in [6.45, 7) is 1.36. The zero-order chi connectivity index (χ0) is 19.1. The van der Waals surface area contributed by atoms with Gasteiger partial charge in [0.05, 0.1) is 6.54 Å². The van der Waals surface area contributed by atoms with Crippen LogP contribution in [0.4, 0.5) is 0 Å². The quantitative estimate of drug-likeness (QED) is 0.734. The Hall–Kier alpha value is -3.16. The van der Waals surface area contributed by atoms with E-state index in [0.29, 0.717) is 6.42 Å². The molecule has 0 aliphatic rings. The first-order chi connectivity index (χ1) is 12.4. The lowest BCUT2D eigenvalue weighted by Crippen LogP contribution is -2.45. The molecule has 0 aliphatic carbocycles. The zero-order valence-electron chi connectivity index (χ0n) is 14.5. The van der Waals surface area contributed by atoms with Gasteiger partial charge in [0.2, 0.25) is 5.91 Å². The van der Waals surface area contributed by atoms with Gasteiger partial charge in [-0.2, -0.15) is 0 Å². The van der Waals surface area contributed by atoms with E-state index in [1.165, 1.54) is 16.8 Å². The second kappa shape index (κ2) is 8.80. The van der Waals surface area contributed by atoms with Crippen LogP contribution in [0.2, 0.25) is 0 Å². The lowest BCUT2D eigenvalue weighted by Gasteiger charge is -2.20. The summed E-state index contributed by atoms with van der Waals surface area (Å²) in [7, 11) is 0. The average molecular weight is 359 g/mol. The van der Waals surface area contributed by atoms with Crippen LogP contribution >= 0.6 is 0 Å². The van der Waals surface area contributed by atoms with Crippen molar-refractivity contribution in [3.63, 3.8) is 0 Å². The molecular weight excluding hydrogens is 338 g/mol. The number of aromatic nitrogens is 2. The topological polar surface area (TPSA) is 102 Å². The van der Waals surface area contributed by atoms with E-state index in [1.54, 1.807) is 0 Å². The molecule has 0 aliphatic heterocycles. The maximum absolute atomic E-state index is 12.6. The van der Waals surface area contributed by atoms with Crippen molar-refractivity contribution in [3.8, 4) is 0 Å². The Bertz CT molecular complexity index is 886. The van der Waals surface area contributed by atoms with Crippen molar-refractivity contribution in [2.45, 2.75) is 26.4 Å². The number of hydrogen-bond donors (Lipinski definition) is 1. The molecule has 0 atom stereocenters. The molecular formula is C18H21N3O5. The van der Waals surface area contributed by atoms with Crippen LogP contribution in [-0.4, -0.2) is 44.1 Å². The van der Waals surface area contributed by atoms with Crippen molar-refractivity contribution in [2.24, 2.45) is 0 Å². The average Bonchev–Trinajstić information content (AvgIpc) is 2.61. The third-order valence-corrected chi connectivity index (χ3v) is 3.80. The summed E-state index contributed by atoms with van der Waals surface area (Å²) in [5.41, 5.74) is -0.328. The molecule has 138 valence electrons. The van der Waals surface area contributed by atoms with Crippen molar-refractivity contribution in [1.29, 1.82) is 0 Å². The van der Waals surface area contributed by atoms with Crippen LogP contribution < -0.4 is 11.2 Å². The minimum atomic E-state index is -1.14. The summed E-state index contributed by atoms with van der Waals surface area (Å²) < 4.78 is 2.17. The first-order valence-corrected chi connectivity index (χ1v) is 8.26. The molecule has 0 spiro atoms. The predicted octanol–water partition coefficient (Wildman–Crippen LogP) is 0.382. The molecule has 0 saturated heterocycles. The number of hydrogen-bond acceptors (Lipinski definition) is 4. The number of benzene rings is 1. The van der Waals surface area contributed by atoms with Crippen LogP contribution in [0, 0.1) is 0 Å². The zero-order valence-corrected chi connectivity index (χ0v) is 14.5. The molecule has 0 fully saturated rings. The summed E-state index contributed by atoms with van der Waals surface area (Å²) >= 11 is 0. The van der Waals surface area contributed by atoms with Gasteiger partial charge >= 0.3 is 11.7 Å². The van der Waals surface area contributed by atoms with Gasteiger partial charge in [0, 0.05) is 18.8 Å². The maximum atomic E-state index is 12.6. The smallest absolute Gasteiger partial charge is 0.331 e. The Kier molecular flexibility index (Phi) is 6.48. The second-order valence-corrected chi connectivity index (χ2v) is 5.85. The van der Waals surface area contributed by atoms with E-state index in [1.807, 2.05) is 37.3 Å². The van der Waals surface area contributed by atoms with E-state index in [-0.39, 0.29) is 13.1 Å². The Balaban J connectivity index is 2.27. The predicted molar refractivity (Wildman–Crippen MR) is 95.0 cm³/mol. The SMILES string of the molecule is CCCN(CC(=O)O)C(=O)Cn1c(=O)ccn(Cc2ccccc2)c1=O. The molecule has 0 unspecified atom stereocenters. The summed E-state index contributed by atoms with van der Waals surface area (Å²) in [5.74, 6) is -1.72. The first kappa shape index (κ1) is 19.2. The van der Waals surface area contributed by atoms with E-state index >= 15 is 0 Å². The third kappa shape index (κ3) is 4.92. The van der Waals surface area contributed by atoms with Crippen molar-refractivity contribution >= 4 is 11.9 Å². The van der Waals surface area contributed by atoms with Gasteiger partial charge in [-0.05, 0) is 12.0 Å². The molecule has 8 nitrogen and oxygen atoms in total. The van der Waals surface area contributed by atoms with Gasteiger partial charge in [-0.15, -0.1) is 0 Å². The van der Waals surface area contributed by atoms with Gasteiger partial charge < -0.3 is 10.0 Å². The molecule has 1 N–H and O–H groups in total. The van der Waals surface area contributed by atoms with Crippen LogP contribution in [0.3, 0.4) is 0 Å². The van der Waals surface area contributed by atoms with E-state index in [2.05, 4.69) is 0 Å². The molecule has 8 heteroatoms. The summed E-state index contributed by atoms with van der Waals surface area (Å²) in [4.78, 5) is 49.0. The van der Waals surface area contributed by atoms with Crippen LogP contribution in [0.1, 0.15) is 18.9 Å². The molecule has 1 heterocycles. The Morgan fingerprint density at radius 3 is 2.42 bits per heavy atom. The van der Waals surface area contributed by atoms with Gasteiger partial charge in [-0.3, -0.25) is 23.5 Å². The fourth-order valence-electron chi connectivity index (χ4n) is 2.56. The normalized spacial score (nSPS) is 10.5. The lowest BCUT2D eigenvalue weighted by molar-refractivity contribution is -0.144. The van der Waals surface area contributed by atoms with E-state index in [4.69, 9.17) is 5.11 Å². The molecule has 0 saturated carbocycles. The number of amides is 1. The Labute approximate surface area is 149 Å². The second-order valence-electron chi connectivity index (χ2n) is 5.85. The highest BCUT2D eigenvalue weighted by Gasteiger charge is 2.18. The fourth-order valence-corrected chi connectivity index (χ4v) is 2.56. The summed E-state index contributed by atoms with van der Waals surface area (Å²) in [6.07, 6.45) is 1.96. The largest absolute Gasteiger partial charge is 0.480 e. The number of nitrogens with zero attached hydrogens (tertiary/aromatic N) is 3. The molecule has 0 radical (unpaired) electrons. The Morgan fingerprint density at radius 2 is 1.81 bits per heavy atom. The number of carboxylic acid groups (broad SMARTS) is 1. The van der Waals surface area contributed by atoms with Crippen molar-refractivity contribution in [1.82, 2.24) is 14.0 Å². The highest BCUT2D eigenvalue weighted by Crippen LogP contribution is 2.00. The standard InChI is InChI=1S/C18H21N3O5/c1-2-9-19(13-17(24)25)16(23)12-21-15(22)8-10-20(18(21)26)11-14-6-4-3-5-7-14/h3-8,10H,2,9,11-13H2,1H3,(H,24,25). The monoisotopic (exact) mass is 359 g/mol. The third-order valence-electron chi connectivity index (χ3n) is 3.80. The molecule has 1 aromatic carbocycles. The number of carbonyl (C=O) groups is 2. The highest BCUT2D eigenvalue weighted by atomic mass is 16.4. The lowest BCUT2D eigenvalue weighted by atomic mass is 10.2. The minimum Gasteiger partial charge on any atom is -0.480 e. The number of carbonyl (C=O) groups excluding carboxylic acids is 1. The Morgan fingerprint density at radius 1 is 1.12 bits per heavy atom. The minimum absolute atomic E-state index is 0.241. The van der Waals surface area contributed by atoms with E-state index in [9.17, 15) is 19.2 Å². The molecule has 2 rings (SSSR count). The van der Waals surface area contributed by atoms with E-state index < -0.39 is 36.2 Å².